The number of pyridine rings is 1. The standard InChI is InChI=1S/C33H36FN3O2/c1-22(36-32(38)28-15-27(18-35-19-28)24-11-13-39-14-12-24)23-3-5-25(6-4-23)31(26-7-9-30(34)10-8-26)29-16-33(17-29)20-37(2)21-33/h3-10,15,18-19,22,24H,11-14,16-17,20-21H2,1-2H3,(H,36,38)/t22-/m1/s1. The van der Waals surface area contributed by atoms with Gasteiger partial charge in [-0.25, -0.2) is 4.39 Å². The van der Waals surface area contributed by atoms with Gasteiger partial charge in [0.05, 0.1) is 11.6 Å². The number of carbonyl (C=O) groups is 1. The summed E-state index contributed by atoms with van der Waals surface area (Å²) in [4.78, 5) is 19.8. The molecule has 6 rings (SSSR count). The van der Waals surface area contributed by atoms with Crippen molar-refractivity contribution >= 4 is 11.5 Å². The number of halogens is 1. The van der Waals surface area contributed by atoms with E-state index in [1.54, 1.807) is 18.3 Å². The monoisotopic (exact) mass is 525 g/mol. The van der Waals surface area contributed by atoms with Crippen molar-refractivity contribution in [1.82, 2.24) is 15.2 Å². The maximum Gasteiger partial charge on any atom is 0.253 e. The zero-order valence-corrected chi connectivity index (χ0v) is 22.8. The first-order valence-corrected chi connectivity index (χ1v) is 14.0. The Kier molecular flexibility index (Phi) is 7.08. The Labute approximate surface area is 230 Å². The van der Waals surface area contributed by atoms with Gasteiger partial charge in [0.2, 0.25) is 0 Å². The Morgan fingerprint density at radius 3 is 2.28 bits per heavy atom. The third kappa shape index (κ3) is 5.41. The molecule has 1 amide bonds. The van der Waals surface area contributed by atoms with Crippen molar-refractivity contribution in [2.45, 2.75) is 44.6 Å². The summed E-state index contributed by atoms with van der Waals surface area (Å²) in [6.45, 7) is 5.82. The molecule has 2 saturated heterocycles. The lowest BCUT2D eigenvalue weighted by atomic mass is 9.59. The third-order valence-corrected chi connectivity index (χ3v) is 8.64. The molecule has 1 saturated carbocycles. The predicted molar refractivity (Wildman–Crippen MR) is 151 cm³/mol. The van der Waals surface area contributed by atoms with E-state index < -0.39 is 0 Å². The van der Waals surface area contributed by atoms with Crippen LogP contribution in [-0.2, 0) is 4.74 Å². The molecule has 5 nitrogen and oxygen atoms in total. The number of hydrogen-bond donors (Lipinski definition) is 1. The van der Waals surface area contributed by atoms with Gasteiger partial charge < -0.3 is 15.0 Å². The van der Waals surface area contributed by atoms with Crippen LogP contribution in [0.1, 0.15) is 77.2 Å². The topological polar surface area (TPSA) is 54.5 Å². The quantitative estimate of drug-likeness (QED) is 0.421. The smallest absolute Gasteiger partial charge is 0.253 e. The van der Waals surface area contributed by atoms with E-state index >= 15 is 0 Å². The summed E-state index contributed by atoms with van der Waals surface area (Å²) in [6, 6.07) is 17.1. The summed E-state index contributed by atoms with van der Waals surface area (Å²) in [5.74, 6) is 0.0543. The van der Waals surface area contributed by atoms with Gasteiger partial charge in [-0.05, 0) is 91.6 Å². The Hall–Kier alpha value is -3.35. The molecule has 0 radical (unpaired) electrons. The zero-order chi connectivity index (χ0) is 27.0. The van der Waals surface area contributed by atoms with Gasteiger partial charge in [-0.1, -0.05) is 42.0 Å². The lowest BCUT2D eigenvalue weighted by Crippen LogP contribution is -2.58. The molecule has 39 heavy (non-hydrogen) atoms. The largest absolute Gasteiger partial charge is 0.381 e. The number of allylic oxidation sites excluding steroid dienone is 1. The van der Waals surface area contributed by atoms with Crippen LogP contribution in [0.5, 0.6) is 0 Å². The van der Waals surface area contributed by atoms with Gasteiger partial charge in [-0.2, -0.15) is 0 Å². The molecule has 2 aromatic carbocycles. The second kappa shape index (κ2) is 10.7. The van der Waals surface area contributed by atoms with E-state index in [9.17, 15) is 9.18 Å². The first-order valence-electron chi connectivity index (χ1n) is 14.0. The minimum Gasteiger partial charge on any atom is -0.381 e. The summed E-state index contributed by atoms with van der Waals surface area (Å²) in [6.07, 6.45) is 7.63. The highest BCUT2D eigenvalue weighted by molar-refractivity contribution is 5.94. The molecule has 2 aliphatic heterocycles. The molecule has 3 heterocycles. The minimum absolute atomic E-state index is 0.118. The van der Waals surface area contributed by atoms with Crippen molar-refractivity contribution in [3.05, 3.63) is 106 Å². The van der Waals surface area contributed by atoms with Gasteiger partial charge >= 0.3 is 0 Å². The number of aromatic nitrogens is 1. The van der Waals surface area contributed by atoms with Crippen LogP contribution in [0.4, 0.5) is 4.39 Å². The van der Waals surface area contributed by atoms with E-state index in [2.05, 4.69) is 46.5 Å². The summed E-state index contributed by atoms with van der Waals surface area (Å²) in [5, 5.41) is 3.14. The third-order valence-electron chi connectivity index (χ3n) is 8.64. The second-order valence-electron chi connectivity index (χ2n) is 11.7. The predicted octanol–water partition coefficient (Wildman–Crippen LogP) is 6.13. The number of nitrogens with one attached hydrogen (secondary N) is 1. The van der Waals surface area contributed by atoms with E-state index in [0.29, 0.717) is 16.9 Å². The molecular weight excluding hydrogens is 489 g/mol. The number of hydrogen-bond acceptors (Lipinski definition) is 4. The minimum atomic E-state index is -0.220. The number of carbonyl (C=O) groups excluding carboxylic acids is 1. The van der Waals surface area contributed by atoms with Gasteiger partial charge in [0.1, 0.15) is 5.82 Å². The van der Waals surface area contributed by atoms with Crippen molar-refractivity contribution in [2.75, 3.05) is 33.4 Å². The van der Waals surface area contributed by atoms with Crippen LogP contribution in [0.25, 0.3) is 5.57 Å². The average Bonchev–Trinajstić information content (AvgIpc) is 2.93. The number of rotatable bonds is 6. The average molecular weight is 526 g/mol. The number of likely N-dealkylation sites (tertiary alicyclic amines) is 1. The number of amides is 1. The normalized spacial score (nSPS) is 19.7. The highest BCUT2D eigenvalue weighted by Gasteiger charge is 2.49. The summed E-state index contributed by atoms with van der Waals surface area (Å²) < 4.78 is 19.2. The summed E-state index contributed by atoms with van der Waals surface area (Å²) >= 11 is 0. The molecular formula is C33H36FN3O2. The first kappa shape index (κ1) is 25.9. The molecule has 0 unspecified atom stereocenters. The molecule has 1 aromatic heterocycles. The first-order chi connectivity index (χ1) is 18.9. The Balaban J connectivity index is 1.18. The zero-order valence-electron chi connectivity index (χ0n) is 22.8. The molecule has 3 aliphatic rings. The van der Waals surface area contributed by atoms with E-state index in [0.717, 1.165) is 74.2 Å². The van der Waals surface area contributed by atoms with Crippen molar-refractivity contribution in [1.29, 1.82) is 0 Å². The van der Waals surface area contributed by atoms with Crippen LogP contribution in [0.2, 0.25) is 0 Å². The lowest BCUT2D eigenvalue weighted by Gasteiger charge is -2.56. The van der Waals surface area contributed by atoms with Crippen molar-refractivity contribution in [3.8, 4) is 0 Å². The Morgan fingerprint density at radius 1 is 1.00 bits per heavy atom. The molecule has 1 N–H and O–H groups in total. The SMILES string of the molecule is C[C@@H](NC(=O)c1cncc(C2CCOCC2)c1)c1ccc(C(=C2CC3(C2)CN(C)C3)c2ccc(F)cc2)cc1. The van der Waals surface area contributed by atoms with Crippen LogP contribution in [0.3, 0.4) is 0 Å². The van der Waals surface area contributed by atoms with Crippen LogP contribution >= 0.6 is 0 Å². The summed E-state index contributed by atoms with van der Waals surface area (Å²) in [5.41, 5.74) is 8.01. The molecule has 3 aromatic rings. The molecule has 6 heteroatoms. The van der Waals surface area contributed by atoms with E-state index in [1.807, 2.05) is 31.3 Å². The van der Waals surface area contributed by atoms with E-state index in [4.69, 9.17) is 4.74 Å². The highest BCUT2D eigenvalue weighted by atomic mass is 19.1. The Morgan fingerprint density at radius 2 is 1.64 bits per heavy atom. The van der Waals surface area contributed by atoms with Gasteiger partial charge in [0.15, 0.2) is 0 Å². The van der Waals surface area contributed by atoms with Crippen LogP contribution in [0.15, 0.2) is 72.6 Å². The van der Waals surface area contributed by atoms with E-state index in [-0.39, 0.29) is 17.8 Å². The van der Waals surface area contributed by atoms with Crippen molar-refractivity contribution in [2.24, 2.45) is 5.41 Å². The second-order valence-corrected chi connectivity index (χ2v) is 11.7. The number of benzene rings is 2. The molecule has 3 fully saturated rings. The maximum atomic E-state index is 13.7. The van der Waals surface area contributed by atoms with Gasteiger partial charge in [-0.15, -0.1) is 0 Å². The number of ether oxygens (including phenoxy) is 1. The Bertz CT molecular complexity index is 1360. The highest BCUT2D eigenvalue weighted by Crippen LogP contribution is 2.54. The van der Waals surface area contributed by atoms with Gasteiger partial charge in [-0.3, -0.25) is 9.78 Å². The number of nitrogens with zero attached hydrogens (tertiary/aromatic N) is 2. The lowest BCUT2D eigenvalue weighted by molar-refractivity contribution is -0.0106. The van der Waals surface area contributed by atoms with Crippen molar-refractivity contribution < 1.29 is 13.9 Å². The molecule has 1 aliphatic carbocycles. The van der Waals surface area contributed by atoms with Gasteiger partial charge in [0, 0.05) is 44.1 Å². The molecule has 0 bridgehead atoms. The van der Waals surface area contributed by atoms with Crippen LogP contribution < -0.4 is 5.32 Å². The fraction of sp³-hybridized carbons (Fsp3) is 0.394. The van der Waals surface area contributed by atoms with E-state index in [1.165, 1.54) is 11.1 Å². The fourth-order valence-corrected chi connectivity index (χ4v) is 6.68. The fourth-order valence-electron chi connectivity index (χ4n) is 6.68. The van der Waals surface area contributed by atoms with Gasteiger partial charge in [0.25, 0.3) is 5.91 Å². The summed E-state index contributed by atoms with van der Waals surface area (Å²) in [7, 11) is 2.17. The van der Waals surface area contributed by atoms with Crippen LogP contribution in [0, 0.1) is 11.2 Å². The molecule has 1 spiro atoms. The molecule has 1 atom stereocenters. The van der Waals surface area contributed by atoms with Crippen molar-refractivity contribution in [3.63, 3.8) is 0 Å². The maximum absolute atomic E-state index is 13.7. The molecule has 202 valence electrons. The van der Waals surface area contributed by atoms with Crippen LogP contribution in [-0.4, -0.2) is 49.1 Å².